The molecule has 0 bridgehead atoms. The number of carbonyl (C=O) groups is 2. The first-order chi connectivity index (χ1) is 44.0. The van der Waals surface area contributed by atoms with E-state index in [-0.39, 0.29) is 32.0 Å². The maximum atomic E-state index is 12.9. The molecule has 0 amide bonds. The molecule has 0 aliphatic heterocycles. The number of unbranched alkanes of at least 4 members (excludes halogenated alkanes) is 37. The molecule has 9 nitrogen and oxygen atoms in total. The van der Waals surface area contributed by atoms with Crippen LogP contribution in [0.3, 0.4) is 0 Å². The van der Waals surface area contributed by atoms with E-state index in [1.54, 1.807) is 0 Å². The van der Waals surface area contributed by atoms with Crippen LogP contribution in [0.2, 0.25) is 0 Å². The molecule has 2 atom stereocenters. The van der Waals surface area contributed by atoms with Crippen LogP contribution >= 0.6 is 7.82 Å². The Morgan fingerprint density at radius 3 is 0.944 bits per heavy atom. The van der Waals surface area contributed by atoms with Crippen molar-refractivity contribution >= 4 is 19.8 Å². The van der Waals surface area contributed by atoms with Crippen LogP contribution in [-0.2, 0) is 32.7 Å². The first-order valence-electron chi connectivity index (χ1n) is 37.6. The lowest BCUT2D eigenvalue weighted by atomic mass is 10.0. The predicted octanol–water partition coefficient (Wildman–Crippen LogP) is 24.8. The van der Waals surface area contributed by atoms with E-state index in [0.717, 1.165) is 96.3 Å². The molecule has 0 radical (unpaired) electrons. The maximum Gasteiger partial charge on any atom is 0.472 e. The van der Waals surface area contributed by atoms with Gasteiger partial charge in [0.15, 0.2) is 6.10 Å². The van der Waals surface area contributed by atoms with Crippen molar-refractivity contribution in [3.05, 3.63) is 109 Å². The van der Waals surface area contributed by atoms with Crippen LogP contribution in [0.4, 0.5) is 0 Å². The third-order valence-corrected chi connectivity index (χ3v) is 17.3. The van der Waals surface area contributed by atoms with Crippen LogP contribution in [0.15, 0.2) is 109 Å². The van der Waals surface area contributed by atoms with E-state index in [2.05, 4.69) is 123 Å². The standard InChI is InChI=1S/C80H142NO8P/c1-6-8-10-12-14-16-18-20-22-24-26-28-30-32-34-36-38-39-40-41-43-44-46-48-50-52-54-56-58-60-62-64-66-68-70-72-79(82)86-76-78(77-88-90(84,85)87-75-74-81(3,4)5)89-80(83)73-71-69-67-65-63-61-59-57-55-53-51-49-47-45-42-37-35-33-31-29-27-25-23-21-19-17-15-13-11-9-7-2/h9,11,15,17-18,20-21,23-24,26-27,29,33,35,42,45,49,51,78H,6-8,10,12-14,16,19,22,25,28,30-32,34,36-41,43-44,46-48,50,52-77H2,1-5H3/p+1/b11-9-,17-15-,20-18-,23-21-,26-24-,29-27-,35-33-,45-42-,51-49-. The normalized spacial score (nSPS) is 13.7. The molecule has 520 valence electrons. The largest absolute Gasteiger partial charge is 0.472 e. The molecule has 0 saturated carbocycles. The van der Waals surface area contributed by atoms with Crippen molar-refractivity contribution in [2.45, 2.75) is 341 Å². The Hall–Kier alpha value is -3.33. The van der Waals surface area contributed by atoms with Gasteiger partial charge in [0, 0.05) is 12.8 Å². The maximum absolute atomic E-state index is 12.9. The third-order valence-electron chi connectivity index (χ3n) is 16.3. The van der Waals surface area contributed by atoms with Gasteiger partial charge in [0.25, 0.3) is 0 Å². The average Bonchev–Trinajstić information content (AvgIpc) is 3.58. The van der Waals surface area contributed by atoms with Gasteiger partial charge in [0.05, 0.1) is 27.7 Å². The Morgan fingerprint density at radius 2 is 0.633 bits per heavy atom. The van der Waals surface area contributed by atoms with Crippen molar-refractivity contribution in [2.75, 3.05) is 47.5 Å². The first-order valence-corrected chi connectivity index (χ1v) is 39.1. The van der Waals surface area contributed by atoms with Crippen LogP contribution in [-0.4, -0.2) is 74.9 Å². The van der Waals surface area contributed by atoms with Crippen molar-refractivity contribution in [2.24, 2.45) is 0 Å². The number of hydrogen-bond donors (Lipinski definition) is 1. The minimum atomic E-state index is -4.40. The fourth-order valence-electron chi connectivity index (χ4n) is 10.6. The summed E-state index contributed by atoms with van der Waals surface area (Å²) in [5, 5.41) is 0. The second-order valence-corrected chi connectivity index (χ2v) is 27.8. The summed E-state index contributed by atoms with van der Waals surface area (Å²) in [4.78, 5) is 35.9. The number of nitrogens with zero attached hydrogens (tertiary/aromatic N) is 1. The molecule has 0 fully saturated rings. The Morgan fingerprint density at radius 1 is 0.356 bits per heavy atom. The zero-order valence-electron chi connectivity index (χ0n) is 59.4. The van der Waals surface area contributed by atoms with Crippen molar-refractivity contribution in [3.63, 3.8) is 0 Å². The van der Waals surface area contributed by atoms with E-state index in [4.69, 9.17) is 18.5 Å². The molecule has 0 aliphatic carbocycles. The van der Waals surface area contributed by atoms with Crippen LogP contribution in [0.5, 0.6) is 0 Å². The number of ether oxygens (including phenoxy) is 2. The number of hydrogen-bond acceptors (Lipinski definition) is 7. The molecule has 0 aliphatic rings. The molecule has 2 unspecified atom stereocenters. The number of phosphoric ester groups is 1. The van der Waals surface area contributed by atoms with Crippen molar-refractivity contribution in [3.8, 4) is 0 Å². The molecule has 10 heteroatoms. The first kappa shape index (κ1) is 86.7. The monoisotopic (exact) mass is 1280 g/mol. The van der Waals surface area contributed by atoms with Crippen LogP contribution in [0, 0.1) is 0 Å². The van der Waals surface area contributed by atoms with Gasteiger partial charge in [-0.3, -0.25) is 18.6 Å². The number of quaternary nitrogens is 1. The summed E-state index contributed by atoms with van der Waals surface area (Å²) in [5.74, 6) is -0.796. The molecule has 0 saturated heterocycles. The lowest BCUT2D eigenvalue weighted by molar-refractivity contribution is -0.870. The minimum absolute atomic E-state index is 0.0272. The van der Waals surface area contributed by atoms with Crippen molar-refractivity contribution < 1.29 is 42.1 Å². The average molecular weight is 1280 g/mol. The summed E-state index contributed by atoms with van der Waals surface area (Å²) in [6.45, 7) is 4.33. The van der Waals surface area contributed by atoms with Gasteiger partial charge >= 0.3 is 19.8 Å². The minimum Gasteiger partial charge on any atom is -0.462 e. The second-order valence-electron chi connectivity index (χ2n) is 26.3. The van der Waals surface area contributed by atoms with Crippen molar-refractivity contribution in [1.29, 1.82) is 0 Å². The van der Waals surface area contributed by atoms with Crippen LogP contribution in [0.25, 0.3) is 0 Å². The smallest absolute Gasteiger partial charge is 0.462 e. The third kappa shape index (κ3) is 73.7. The number of rotatable bonds is 69. The summed E-state index contributed by atoms with van der Waals surface area (Å²) < 4.78 is 34.8. The fourth-order valence-corrected chi connectivity index (χ4v) is 11.3. The lowest BCUT2D eigenvalue weighted by Gasteiger charge is -2.24. The van der Waals surface area contributed by atoms with Gasteiger partial charge in [-0.2, -0.15) is 0 Å². The quantitative estimate of drug-likeness (QED) is 0.0211. The molecule has 0 aromatic rings. The van der Waals surface area contributed by atoms with E-state index in [0.29, 0.717) is 17.4 Å². The van der Waals surface area contributed by atoms with Gasteiger partial charge in [0.1, 0.15) is 19.8 Å². The van der Waals surface area contributed by atoms with E-state index < -0.39 is 26.5 Å². The van der Waals surface area contributed by atoms with Crippen molar-refractivity contribution in [1.82, 2.24) is 0 Å². The molecule has 0 spiro atoms. The van der Waals surface area contributed by atoms with Gasteiger partial charge < -0.3 is 18.9 Å². The highest BCUT2D eigenvalue weighted by Crippen LogP contribution is 2.43. The second kappa shape index (κ2) is 70.0. The molecule has 0 heterocycles. The Balaban J connectivity index is 4.01. The van der Waals surface area contributed by atoms with Gasteiger partial charge in [-0.25, -0.2) is 4.57 Å². The molecule has 1 N–H and O–H groups in total. The topological polar surface area (TPSA) is 108 Å². The van der Waals surface area contributed by atoms with E-state index in [1.165, 1.54) is 205 Å². The van der Waals surface area contributed by atoms with E-state index in [9.17, 15) is 19.0 Å². The van der Waals surface area contributed by atoms with Gasteiger partial charge in [0.2, 0.25) is 0 Å². The zero-order chi connectivity index (χ0) is 65.5. The molecule has 0 rings (SSSR count). The summed E-state index contributed by atoms with van der Waals surface area (Å²) in [6, 6.07) is 0. The predicted molar refractivity (Wildman–Crippen MR) is 390 cm³/mol. The Labute approximate surface area is 556 Å². The summed E-state index contributed by atoms with van der Waals surface area (Å²) in [5.41, 5.74) is 0. The zero-order valence-corrected chi connectivity index (χ0v) is 60.2. The highest BCUT2D eigenvalue weighted by atomic mass is 31.2. The van der Waals surface area contributed by atoms with Gasteiger partial charge in [-0.15, -0.1) is 0 Å². The number of likely N-dealkylation sites (N-methyl/N-ethyl adjacent to an activating group) is 1. The molecule has 90 heavy (non-hydrogen) atoms. The van der Waals surface area contributed by atoms with E-state index in [1.807, 2.05) is 21.1 Å². The molecular formula is C80H143NO8P+. The molecular weight excluding hydrogens is 1130 g/mol. The Bertz CT molecular complexity index is 1890. The number of carbonyl (C=O) groups excluding carboxylic acids is 2. The summed E-state index contributed by atoms with van der Waals surface area (Å²) in [7, 11) is 1.47. The fraction of sp³-hybridized carbons (Fsp3) is 0.750. The SMILES string of the molecule is CC/C=C\C/C=C\C/C=C\C/C=C\C/C=C\C/C=C\C/C=C\CCCCCCCCCCCC(=O)OC(COC(=O)CCCCCCCCCCCCCCCCCCCCCCCCC/C=C\C/C=C\CCCCCCC)COP(=O)(O)OCC[N+](C)(C)C. The highest BCUT2D eigenvalue weighted by molar-refractivity contribution is 7.47. The summed E-state index contributed by atoms with van der Waals surface area (Å²) in [6.07, 6.45) is 99.3. The number of phosphoric acid groups is 1. The number of allylic oxidation sites excluding steroid dienone is 18. The van der Waals surface area contributed by atoms with Gasteiger partial charge in [-0.1, -0.05) is 329 Å². The van der Waals surface area contributed by atoms with Gasteiger partial charge in [-0.05, 0) is 103 Å². The highest BCUT2D eigenvalue weighted by Gasteiger charge is 2.27. The molecule has 0 aromatic carbocycles. The lowest BCUT2D eigenvalue weighted by Crippen LogP contribution is -2.37. The Kier molecular flexibility index (Phi) is 67.4. The van der Waals surface area contributed by atoms with E-state index >= 15 is 0 Å². The number of esters is 2. The molecule has 0 aromatic heterocycles. The summed E-state index contributed by atoms with van der Waals surface area (Å²) >= 11 is 0. The van der Waals surface area contributed by atoms with Crippen LogP contribution in [0.1, 0.15) is 335 Å². The van der Waals surface area contributed by atoms with Crippen LogP contribution < -0.4 is 0 Å².